The second kappa shape index (κ2) is 10.8. The van der Waals surface area contributed by atoms with Crippen LogP contribution in [-0.4, -0.2) is 87.1 Å². The number of hydrogen-bond acceptors (Lipinski definition) is 5. The molecule has 2 aliphatic heterocycles. The Bertz CT molecular complexity index is 1060. The number of rotatable bonds is 6. The summed E-state index contributed by atoms with van der Waals surface area (Å²) < 4.78 is 2.42. The lowest BCUT2D eigenvalue weighted by molar-refractivity contribution is -0.137. The molecule has 1 aromatic carbocycles. The number of carbonyl (C=O) groups excluding carboxylic acids is 2. The molecule has 8 nitrogen and oxygen atoms in total. The molecule has 2 amide bonds. The molecule has 34 heavy (non-hydrogen) atoms. The van der Waals surface area contributed by atoms with Crippen LogP contribution in [0.25, 0.3) is 11.4 Å². The molecule has 2 atom stereocenters. The minimum Gasteiger partial charge on any atom is -0.341 e. The maximum atomic E-state index is 12.9. The van der Waals surface area contributed by atoms with Crippen molar-refractivity contribution in [2.75, 3.05) is 45.8 Å². The molecule has 3 heterocycles. The van der Waals surface area contributed by atoms with Crippen molar-refractivity contribution in [3.63, 3.8) is 0 Å². The first kappa shape index (κ1) is 24.6. The van der Waals surface area contributed by atoms with Crippen LogP contribution in [0.4, 0.5) is 0 Å². The first-order valence-corrected chi connectivity index (χ1v) is 12.7. The van der Waals surface area contributed by atoms with E-state index < -0.39 is 0 Å². The average molecular weight is 485 g/mol. The van der Waals surface area contributed by atoms with Crippen LogP contribution in [-0.2, 0) is 16.1 Å². The second-order valence-electron chi connectivity index (χ2n) is 10.0. The molecule has 4 rings (SSSR count). The zero-order valence-electron chi connectivity index (χ0n) is 20.5. The Hall–Kier alpha value is -2.52. The summed E-state index contributed by atoms with van der Waals surface area (Å²) in [6.45, 7) is 11.9. The smallest absolute Gasteiger partial charge is 0.236 e. The number of aromatic amines is 1. The number of likely N-dealkylation sites (tertiary alicyclic amines) is 1. The van der Waals surface area contributed by atoms with E-state index >= 15 is 0 Å². The molecular weight excluding hydrogens is 448 g/mol. The maximum Gasteiger partial charge on any atom is 0.236 e. The van der Waals surface area contributed by atoms with E-state index in [1.807, 2.05) is 39.5 Å². The van der Waals surface area contributed by atoms with Crippen molar-refractivity contribution in [2.45, 2.75) is 40.2 Å². The van der Waals surface area contributed by atoms with E-state index in [0.717, 1.165) is 43.1 Å². The molecule has 0 radical (unpaired) electrons. The molecule has 0 bridgehead atoms. The molecule has 9 heteroatoms. The number of benzene rings is 1. The quantitative estimate of drug-likeness (QED) is 0.638. The monoisotopic (exact) mass is 484 g/mol. The van der Waals surface area contributed by atoms with Gasteiger partial charge in [-0.3, -0.25) is 24.2 Å². The molecule has 0 aliphatic carbocycles. The minimum absolute atomic E-state index is 0.114. The van der Waals surface area contributed by atoms with Crippen LogP contribution in [0, 0.1) is 23.5 Å². The minimum atomic E-state index is 0.114. The van der Waals surface area contributed by atoms with Crippen LogP contribution in [0.3, 0.4) is 0 Å². The van der Waals surface area contributed by atoms with Gasteiger partial charge in [-0.1, -0.05) is 37.6 Å². The lowest BCUT2D eigenvalue weighted by Crippen LogP contribution is -2.53. The van der Waals surface area contributed by atoms with Gasteiger partial charge in [0.2, 0.25) is 11.8 Å². The Morgan fingerprint density at radius 1 is 1.06 bits per heavy atom. The summed E-state index contributed by atoms with van der Waals surface area (Å²) in [5.74, 6) is 2.22. The fraction of sp³-hybridized carbons (Fsp3) is 0.600. The van der Waals surface area contributed by atoms with Crippen molar-refractivity contribution in [3.05, 3.63) is 34.6 Å². The Labute approximate surface area is 206 Å². The van der Waals surface area contributed by atoms with Gasteiger partial charge < -0.3 is 9.80 Å². The zero-order valence-corrected chi connectivity index (χ0v) is 21.3. The third kappa shape index (κ3) is 5.93. The molecule has 2 saturated heterocycles. The predicted octanol–water partition coefficient (Wildman–Crippen LogP) is 2.95. The number of nitrogens with zero attached hydrogens (tertiary/aromatic N) is 5. The van der Waals surface area contributed by atoms with Gasteiger partial charge in [0, 0.05) is 57.8 Å². The van der Waals surface area contributed by atoms with E-state index in [0.29, 0.717) is 49.2 Å². The van der Waals surface area contributed by atoms with E-state index in [1.165, 1.54) is 6.42 Å². The molecule has 0 saturated carbocycles. The van der Waals surface area contributed by atoms with Gasteiger partial charge in [-0.2, -0.15) is 5.10 Å². The number of piperazine rings is 1. The standard InChI is InChI=1S/C25H36N6O2S/c1-18-5-4-6-21(14-18)24-26-27-25(34)31(24)8-7-22(32)29-11-9-28(10-12-29)17-23(33)30-15-19(2)13-20(3)16-30/h4-6,14,19-20H,7-13,15-17H2,1-3H3,(H,27,34). The Balaban J connectivity index is 1.27. The van der Waals surface area contributed by atoms with Crippen molar-refractivity contribution in [1.82, 2.24) is 29.5 Å². The highest BCUT2D eigenvalue weighted by molar-refractivity contribution is 7.71. The molecule has 0 spiro atoms. The topological polar surface area (TPSA) is 77.5 Å². The van der Waals surface area contributed by atoms with Gasteiger partial charge in [0.25, 0.3) is 0 Å². The van der Waals surface area contributed by atoms with Gasteiger partial charge in [0.1, 0.15) is 0 Å². The maximum absolute atomic E-state index is 12.9. The number of hydrogen-bond donors (Lipinski definition) is 1. The summed E-state index contributed by atoms with van der Waals surface area (Å²) in [5.41, 5.74) is 2.13. The third-order valence-corrected chi connectivity index (χ3v) is 7.20. The summed E-state index contributed by atoms with van der Waals surface area (Å²) in [5, 5.41) is 7.24. The molecular formula is C25H36N6O2S. The second-order valence-corrected chi connectivity index (χ2v) is 10.4. The molecule has 2 fully saturated rings. The van der Waals surface area contributed by atoms with Crippen LogP contribution in [0.5, 0.6) is 0 Å². The van der Waals surface area contributed by atoms with Crippen LogP contribution < -0.4 is 0 Å². The van der Waals surface area contributed by atoms with E-state index in [1.54, 1.807) is 0 Å². The number of H-pyrrole nitrogens is 1. The van der Waals surface area contributed by atoms with E-state index in [4.69, 9.17) is 12.2 Å². The molecule has 1 N–H and O–H groups in total. The number of nitrogens with one attached hydrogen (secondary N) is 1. The van der Waals surface area contributed by atoms with Gasteiger partial charge in [0.15, 0.2) is 10.6 Å². The summed E-state index contributed by atoms with van der Waals surface area (Å²) in [7, 11) is 0. The lowest BCUT2D eigenvalue weighted by Gasteiger charge is -2.38. The van der Waals surface area contributed by atoms with E-state index in [9.17, 15) is 9.59 Å². The number of carbonyl (C=O) groups is 2. The van der Waals surface area contributed by atoms with Gasteiger partial charge in [-0.15, -0.1) is 0 Å². The number of aryl methyl sites for hydroxylation is 1. The van der Waals surface area contributed by atoms with E-state index in [-0.39, 0.29) is 11.8 Å². The fourth-order valence-electron chi connectivity index (χ4n) is 5.21. The number of piperidine rings is 1. The summed E-state index contributed by atoms with van der Waals surface area (Å²) >= 11 is 5.42. The molecule has 2 aliphatic rings. The van der Waals surface area contributed by atoms with Crippen LogP contribution in [0.1, 0.15) is 32.3 Å². The normalized spacial score (nSPS) is 21.6. The van der Waals surface area contributed by atoms with Gasteiger partial charge >= 0.3 is 0 Å². The fourth-order valence-corrected chi connectivity index (χ4v) is 5.43. The van der Waals surface area contributed by atoms with E-state index in [2.05, 4.69) is 35.0 Å². The van der Waals surface area contributed by atoms with Crippen molar-refractivity contribution < 1.29 is 9.59 Å². The summed E-state index contributed by atoms with van der Waals surface area (Å²) in [6, 6.07) is 8.10. The van der Waals surface area contributed by atoms with Crippen molar-refractivity contribution in [2.24, 2.45) is 11.8 Å². The van der Waals surface area contributed by atoms with Crippen molar-refractivity contribution in [3.8, 4) is 11.4 Å². The van der Waals surface area contributed by atoms with Gasteiger partial charge in [-0.05, 0) is 43.5 Å². The molecule has 1 aromatic heterocycles. The van der Waals surface area contributed by atoms with Gasteiger partial charge in [-0.25, -0.2) is 0 Å². The SMILES string of the molecule is Cc1cccc(-c2n[nH]c(=S)n2CCC(=O)N2CCN(CC(=O)N3CC(C)CC(C)C3)CC2)c1. The van der Waals surface area contributed by atoms with Gasteiger partial charge in [0.05, 0.1) is 6.54 Å². The number of amides is 2. The Morgan fingerprint density at radius 2 is 1.76 bits per heavy atom. The Morgan fingerprint density at radius 3 is 2.44 bits per heavy atom. The highest BCUT2D eigenvalue weighted by Crippen LogP contribution is 2.21. The average Bonchev–Trinajstić information content (AvgIpc) is 3.17. The van der Waals surface area contributed by atoms with Crippen LogP contribution in [0.15, 0.2) is 24.3 Å². The van der Waals surface area contributed by atoms with Crippen molar-refractivity contribution in [1.29, 1.82) is 0 Å². The van der Waals surface area contributed by atoms with Crippen LogP contribution in [0.2, 0.25) is 0 Å². The lowest BCUT2D eigenvalue weighted by atomic mass is 9.92. The highest BCUT2D eigenvalue weighted by Gasteiger charge is 2.28. The molecule has 184 valence electrons. The largest absolute Gasteiger partial charge is 0.341 e. The zero-order chi connectivity index (χ0) is 24.2. The number of aromatic nitrogens is 3. The molecule has 2 aromatic rings. The summed E-state index contributed by atoms with van der Waals surface area (Å²) in [6.07, 6.45) is 1.57. The van der Waals surface area contributed by atoms with Crippen LogP contribution >= 0.6 is 12.2 Å². The molecule has 2 unspecified atom stereocenters. The first-order chi connectivity index (χ1) is 16.3. The summed E-state index contributed by atoms with van der Waals surface area (Å²) in [4.78, 5) is 31.8. The third-order valence-electron chi connectivity index (χ3n) is 6.89. The predicted molar refractivity (Wildman–Crippen MR) is 135 cm³/mol. The highest BCUT2D eigenvalue weighted by atomic mass is 32.1. The van der Waals surface area contributed by atoms with Crippen molar-refractivity contribution >= 4 is 24.0 Å². The first-order valence-electron chi connectivity index (χ1n) is 12.3. The Kier molecular flexibility index (Phi) is 7.83.